The van der Waals surface area contributed by atoms with Gasteiger partial charge in [0.25, 0.3) is 0 Å². The van der Waals surface area contributed by atoms with Gasteiger partial charge in [0.1, 0.15) is 46.1 Å². The lowest BCUT2D eigenvalue weighted by atomic mass is 9.69. The van der Waals surface area contributed by atoms with Crippen LogP contribution in [0.1, 0.15) is 400 Å². The molecule has 2 aromatic rings. The molecular formula is C91H177F2NO11. The number of alkyl halides is 2. The number of ether oxygens (including phenoxy) is 8. The zero-order valence-corrected chi connectivity index (χ0v) is 71.7. The molecule has 0 atom stereocenters. The van der Waals surface area contributed by atoms with E-state index < -0.39 is 22.9 Å². The summed E-state index contributed by atoms with van der Waals surface area (Å²) in [7, 11) is 0. The Morgan fingerprint density at radius 1 is 0.352 bits per heavy atom. The first-order chi connectivity index (χ1) is 42.6. The lowest BCUT2D eigenvalue weighted by Crippen LogP contribution is -2.26. The number of hydrogen-bond acceptors (Lipinski definition) is 11. The van der Waals surface area contributed by atoms with Gasteiger partial charge in [0.05, 0.1) is 25.2 Å². The van der Waals surface area contributed by atoms with E-state index in [0.29, 0.717) is 6.79 Å². The zero-order chi connectivity index (χ0) is 78.2. The molecule has 14 heteroatoms. The Morgan fingerprint density at radius 3 is 0.914 bits per heavy atom. The first kappa shape index (κ1) is 114. The van der Waals surface area contributed by atoms with E-state index in [1.807, 2.05) is 76.2 Å². The summed E-state index contributed by atoms with van der Waals surface area (Å²) in [5, 5.41) is 0. The SMILES string of the molecule is C.C.C.C.C.C.C.CC(C)(C)C1=C(C(C)(C)C)C(C)(C)CO1.CC(C)(C)C1=C(C(C)(C)C)OC(F)(F)O1.CC(C)(C)C1=C(C(C)(C)C)OCC1.CC(C)(C)C1=C(C(C)(C)C)OCO1.CC(C)(C)c1[nH]c(=O)oc1C(C)(C)C.CC(C)(C)c1ccoc1C(C)(C)C.CC1(C)OC(C(C)(C)C)=C(C(C)(C)C)O1. The van der Waals surface area contributed by atoms with Crippen molar-refractivity contribution in [3.8, 4) is 0 Å². The van der Waals surface area contributed by atoms with Gasteiger partial charge in [-0.15, -0.1) is 8.78 Å². The normalized spacial score (nSPS) is 17.3. The van der Waals surface area contributed by atoms with E-state index in [1.54, 1.807) is 6.26 Å². The van der Waals surface area contributed by atoms with Gasteiger partial charge in [0, 0.05) is 85.2 Å². The van der Waals surface area contributed by atoms with Crippen LogP contribution >= 0.6 is 0 Å². The molecule has 0 saturated heterocycles. The lowest BCUT2D eigenvalue weighted by molar-refractivity contribution is -0.342. The molecule has 7 rings (SSSR count). The highest BCUT2D eigenvalue weighted by Crippen LogP contribution is 2.53. The number of hydrogen-bond donors (Lipinski definition) is 1. The fourth-order valence-corrected chi connectivity index (χ4v) is 11.7. The predicted molar refractivity (Wildman–Crippen MR) is 450 cm³/mol. The van der Waals surface area contributed by atoms with Gasteiger partial charge < -0.3 is 46.7 Å². The summed E-state index contributed by atoms with van der Waals surface area (Å²) in [5.74, 6) is 7.86. The van der Waals surface area contributed by atoms with E-state index >= 15 is 0 Å². The first-order valence-corrected chi connectivity index (χ1v) is 35.9. The second kappa shape index (κ2) is 37.8. The van der Waals surface area contributed by atoms with Crippen LogP contribution in [0.3, 0.4) is 0 Å². The van der Waals surface area contributed by atoms with Crippen molar-refractivity contribution in [3.05, 3.63) is 103 Å². The quantitative estimate of drug-likeness (QED) is 0.270. The maximum atomic E-state index is 13.0. The van der Waals surface area contributed by atoms with Gasteiger partial charge in [-0.25, -0.2) is 4.79 Å². The lowest BCUT2D eigenvalue weighted by Gasteiger charge is -2.33. The Kier molecular flexibility index (Phi) is 40.9. The minimum Gasteiger partial charge on any atom is -0.497 e. The average molecular weight is 1500 g/mol. The highest BCUT2D eigenvalue weighted by molar-refractivity contribution is 5.32. The third-order valence-corrected chi connectivity index (χ3v) is 15.9. The number of halogens is 2. The van der Waals surface area contributed by atoms with E-state index in [9.17, 15) is 13.6 Å². The average Bonchev–Trinajstić information content (AvgIpc) is 1.63. The van der Waals surface area contributed by atoms with Crippen LogP contribution in [0.15, 0.2) is 83.2 Å². The van der Waals surface area contributed by atoms with Crippen LogP contribution in [0, 0.1) is 59.6 Å². The van der Waals surface area contributed by atoms with Crippen LogP contribution in [0.5, 0.6) is 0 Å². The topological polar surface area (TPSA) is 133 Å². The van der Waals surface area contributed by atoms with Gasteiger partial charge in [-0.05, 0) is 39.0 Å². The van der Waals surface area contributed by atoms with Crippen LogP contribution in [0.4, 0.5) is 8.78 Å². The molecule has 0 spiro atoms. The first-order valence-electron chi connectivity index (χ1n) is 35.9. The Morgan fingerprint density at radius 2 is 0.676 bits per heavy atom. The smallest absolute Gasteiger partial charge is 0.497 e. The molecule has 0 aliphatic carbocycles. The van der Waals surface area contributed by atoms with E-state index in [-0.39, 0.29) is 140 Å². The molecule has 0 amide bonds. The highest BCUT2D eigenvalue weighted by atomic mass is 19.3. The van der Waals surface area contributed by atoms with Crippen molar-refractivity contribution in [1.29, 1.82) is 0 Å². The number of aromatic nitrogens is 1. The summed E-state index contributed by atoms with van der Waals surface area (Å²) in [6.07, 6.45) is -0.623. The van der Waals surface area contributed by atoms with E-state index in [2.05, 4.69) is 263 Å². The number of oxazole rings is 1. The predicted octanol–water partition coefficient (Wildman–Crippen LogP) is 30.3. The van der Waals surface area contributed by atoms with Gasteiger partial charge in [-0.3, -0.25) is 4.98 Å². The summed E-state index contributed by atoms with van der Waals surface area (Å²) in [6, 6.07) is 2.08. The number of furan rings is 1. The number of aromatic amines is 1. The largest absolute Gasteiger partial charge is 0.585 e. The minimum atomic E-state index is -3.52. The molecule has 626 valence electrons. The van der Waals surface area contributed by atoms with Gasteiger partial charge >= 0.3 is 12.1 Å². The fraction of sp³-hybridized carbons (Fsp3) is 0.813. The summed E-state index contributed by atoms with van der Waals surface area (Å²) in [6.45, 7) is 99.7. The maximum absolute atomic E-state index is 13.0. The Bertz CT molecular complexity index is 2890. The Labute approximate surface area is 650 Å². The summed E-state index contributed by atoms with van der Waals surface area (Å²) in [4.78, 5) is 14.0. The van der Waals surface area contributed by atoms with Crippen LogP contribution < -0.4 is 5.76 Å². The second-order valence-corrected chi connectivity index (χ2v) is 42.8. The van der Waals surface area contributed by atoms with Crippen LogP contribution in [-0.4, -0.2) is 37.1 Å². The summed E-state index contributed by atoms with van der Waals surface area (Å²) < 4.78 is 80.5. The number of allylic oxidation sites excluding steroid dienone is 8. The minimum absolute atomic E-state index is 0. The summed E-state index contributed by atoms with van der Waals surface area (Å²) >= 11 is 0. The molecule has 0 radical (unpaired) electrons. The number of nitrogens with one attached hydrogen (secondary N) is 1. The van der Waals surface area contributed by atoms with Crippen molar-refractivity contribution in [2.45, 2.75) is 411 Å². The van der Waals surface area contributed by atoms with E-state index in [0.717, 1.165) is 59.9 Å². The standard InChI is InChI=1S/C14H26O.C13H24O2.C12H22O.C12H20O.C11H18F2O2.C11H19NO2.C11H20O2.7CH4/c1-12(2,3)10-11(13(4,5)6)15-9-14(10,7)8;1-11(2,3)9-10(12(4,5)6)15-13(7,8)14-9;2*1-11(2,3)9-7-8-13-10(9)12(4,5)6;1-9(2,3)7-8(10(4,5)6)15-11(12,13)14-7;1-10(2,3)7-8(11(4,5)6)14-9(13)12-7;1-10(2,3)8-9(11(4,5)6)13-7-12-8;;;;;;;/h9H2,1-8H3;1-8H3;7-8H2,1-6H3;7-8H,1-6H3;1-6H3;1-6H3,(H,12,13);7H2,1-6H3;7*1H4. The van der Waals surface area contributed by atoms with Crippen molar-refractivity contribution in [2.75, 3.05) is 20.0 Å². The molecule has 0 aromatic carbocycles. The number of H-pyrrole nitrogens is 1. The van der Waals surface area contributed by atoms with Gasteiger partial charge in [-0.1, -0.05) is 357 Å². The molecule has 0 unspecified atom stereocenters. The van der Waals surface area contributed by atoms with E-state index in [4.69, 9.17) is 37.3 Å². The van der Waals surface area contributed by atoms with Crippen LogP contribution in [0.2, 0.25) is 0 Å². The van der Waals surface area contributed by atoms with Crippen molar-refractivity contribution in [2.24, 2.45) is 59.6 Å². The van der Waals surface area contributed by atoms with Crippen molar-refractivity contribution < 1.29 is 55.5 Å². The van der Waals surface area contributed by atoms with Crippen LogP contribution in [0.25, 0.3) is 0 Å². The molecule has 7 heterocycles. The van der Waals surface area contributed by atoms with Crippen LogP contribution in [-0.2, 0) is 59.6 Å². The molecule has 1 N–H and O–H groups in total. The van der Waals surface area contributed by atoms with Gasteiger partial charge in [0.2, 0.25) is 12.6 Å². The monoisotopic (exact) mass is 1500 g/mol. The third-order valence-electron chi connectivity index (χ3n) is 15.9. The van der Waals surface area contributed by atoms with Crippen molar-refractivity contribution in [1.82, 2.24) is 4.98 Å². The zero-order valence-electron chi connectivity index (χ0n) is 71.7. The maximum Gasteiger partial charge on any atom is 0.585 e. The molecule has 0 bridgehead atoms. The molecule has 5 aliphatic heterocycles. The van der Waals surface area contributed by atoms with Crippen molar-refractivity contribution >= 4 is 0 Å². The Hall–Kier alpha value is -4.75. The fourth-order valence-electron chi connectivity index (χ4n) is 11.7. The molecular weight excluding hydrogens is 1320 g/mol. The molecule has 0 saturated carbocycles. The third kappa shape index (κ3) is 34.4. The van der Waals surface area contributed by atoms with Gasteiger partial charge in [0.15, 0.2) is 11.5 Å². The summed E-state index contributed by atoms with van der Waals surface area (Å²) in [5.41, 5.74) is 5.30. The molecule has 12 nitrogen and oxygen atoms in total. The van der Waals surface area contributed by atoms with Gasteiger partial charge in [-0.2, -0.15) is 0 Å². The van der Waals surface area contributed by atoms with Crippen molar-refractivity contribution in [3.63, 3.8) is 0 Å². The van der Waals surface area contributed by atoms with E-state index in [1.165, 1.54) is 28.2 Å². The molecule has 5 aliphatic rings. The molecule has 105 heavy (non-hydrogen) atoms. The highest BCUT2D eigenvalue weighted by Gasteiger charge is 2.51. The molecule has 0 fully saturated rings. The second-order valence-electron chi connectivity index (χ2n) is 42.8. The Balaban J connectivity index is -0.000000211. The number of rotatable bonds is 0. The molecule has 2 aromatic heterocycles.